The number of benzene rings is 1. The lowest BCUT2D eigenvalue weighted by Gasteiger charge is -2.14. The van der Waals surface area contributed by atoms with Crippen molar-refractivity contribution in [3.8, 4) is 0 Å². The average molecular weight is 387 g/mol. The standard InChI is InChI=1S/C14H12BrFN2O5/c1-23-14(22)8-4-7(15)5-9(12(8)16)17-10-6-11(20)18(2-3-19)13(10)21/h4-6,17,19H,2-3H2,1H3. The van der Waals surface area contributed by atoms with Gasteiger partial charge in [0.25, 0.3) is 11.8 Å². The van der Waals surface area contributed by atoms with Crippen molar-refractivity contribution >= 4 is 39.4 Å². The highest BCUT2D eigenvalue weighted by Gasteiger charge is 2.31. The summed E-state index contributed by atoms with van der Waals surface area (Å²) in [7, 11) is 1.12. The number of rotatable bonds is 5. The molecule has 23 heavy (non-hydrogen) atoms. The third-order valence-electron chi connectivity index (χ3n) is 3.05. The molecule has 0 bridgehead atoms. The van der Waals surface area contributed by atoms with E-state index in [9.17, 15) is 18.8 Å². The van der Waals surface area contributed by atoms with E-state index in [4.69, 9.17) is 5.11 Å². The molecule has 122 valence electrons. The highest BCUT2D eigenvalue weighted by atomic mass is 79.9. The zero-order valence-electron chi connectivity index (χ0n) is 11.9. The summed E-state index contributed by atoms with van der Waals surface area (Å²) in [6, 6.07) is 2.55. The van der Waals surface area contributed by atoms with E-state index in [0.717, 1.165) is 18.1 Å². The maximum Gasteiger partial charge on any atom is 0.340 e. The molecule has 0 aromatic heterocycles. The van der Waals surface area contributed by atoms with Crippen molar-refractivity contribution in [3.05, 3.63) is 39.8 Å². The maximum absolute atomic E-state index is 14.4. The van der Waals surface area contributed by atoms with Crippen LogP contribution in [-0.4, -0.2) is 48.1 Å². The number of hydrogen-bond donors (Lipinski definition) is 2. The lowest BCUT2D eigenvalue weighted by Crippen LogP contribution is -2.34. The first kappa shape index (κ1) is 17.1. The molecule has 1 aliphatic rings. The smallest absolute Gasteiger partial charge is 0.340 e. The molecular weight excluding hydrogens is 375 g/mol. The van der Waals surface area contributed by atoms with Gasteiger partial charge < -0.3 is 15.2 Å². The molecule has 0 aliphatic carbocycles. The van der Waals surface area contributed by atoms with E-state index in [0.29, 0.717) is 4.47 Å². The Morgan fingerprint density at radius 3 is 2.74 bits per heavy atom. The number of β-amino-alcohol motifs (C(OH)–C–C–N with tert-alkyl or cyclic N) is 1. The zero-order valence-corrected chi connectivity index (χ0v) is 13.5. The van der Waals surface area contributed by atoms with Crippen LogP contribution >= 0.6 is 15.9 Å². The zero-order chi connectivity index (χ0) is 17.1. The molecule has 0 radical (unpaired) electrons. The first-order valence-electron chi connectivity index (χ1n) is 6.41. The van der Waals surface area contributed by atoms with Gasteiger partial charge in [-0.3, -0.25) is 14.5 Å². The number of imide groups is 1. The second kappa shape index (κ2) is 6.88. The van der Waals surface area contributed by atoms with Gasteiger partial charge in [0.1, 0.15) is 5.70 Å². The largest absolute Gasteiger partial charge is 0.465 e. The van der Waals surface area contributed by atoms with Crippen LogP contribution in [0.2, 0.25) is 0 Å². The number of amides is 2. The molecule has 7 nitrogen and oxygen atoms in total. The Morgan fingerprint density at radius 1 is 1.43 bits per heavy atom. The van der Waals surface area contributed by atoms with Crippen LogP contribution in [0.5, 0.6) is 0 Å². The topological polar surface area (TPSA) is 95.9 Å². The second-order valence-corrected chi connectivity index (χ2v) is 5.42. The van der Waals surface area contributed by atoms with Crippen LogP contribution in [-0.2, 0) is 14.3 Å². The summed E-state index contributed by atoms with van der Waals surface area (Å²) in [5.74, 6) is -3.10. The fraction of sp³-hybridized carbons (Fsp3) is 0.214. The highest BCUT2D eigenvalue weighted by molar-refractivity contribution is 9.10. The van der Waals surface area contributed by atoms with Gasteiger partial charge in [0.05, 0.1) is 31.5 Å². The molecule has 9 heteroatoms. The number of nitrogens with one attached hydrogen (secondary N) is 1. The molecule has 2 N–H and O–H groups in total. The van der Waals surface area contributed by atoms with Gasteiger partial charge >= 0.3 is 5.97 Å². The van der Waals surface area contributed by atoms with Crippen molar-refractivity contribution < 1.29 is 28.6 Å². The summed E-state index contributed by atoms with van der Waals surface area (Å²) in [6.07, 6.45) is 0.996. The van der Waals surface area contributed by atoms with Crippen molar-refractivity contribution in [2.45, 2.75) is 0 Å². The minimum absolute atomic E-state index is 0.156. The van der Waals surface area contributed by atoms with E-state index in [1.54, 1.807) is 0 Å². The molecule has 2 rings (SSSR count). The number of nitrogens with zero attached hydrogens (tertiary/aromatic N) is 1. The highest BCUT2D eigenvalue weighted by Crippen LogP contribution is 2.27. The van der Waals surface area contributed by atoms with Crippen LogP contribution in [0, 0.1) is 5.82 Å². The predicted molar refractivity (Wildman–Crippen MR) is 81.0 cm³/mol. The van der Waals surface area contributed by atoms with Crippen molar-refractivity contribution in [2.75, 3.05) is 25.6 Å². The van der Waals surface area contributed by atoms with Gasteiger partial charge in [0.2, 0.25) is 0 Å². The first-order chi connectivity index (χ1) is 10.9. The monoisotopic (exact) mass is 386 g/mol. The summed E-state index contributed by atoms with van der Waals surface area (Å²) in [6.45, 7) is -0.538. The Labute approximate surface area is 138 Å². The molecule has 0 saturated carbocycles. The van der Waals surface area contributed by atoms with E-state index in [1.807, 2.05) is 0 Å². The number of esters is 1. The van der Waals surface area contributed by atoms with Gasteiger partial charge in [-0.05, 0) is 12.1 Å². The number of carbonyl (C=O) groups excluding carboxylic acids is 3. The molecule has 0 fully saturated rings. The maximum atomic E-state index is 14.4. The number of aliphatic hydroxyl groups excluding tert-OH is 1. The van der Waals surface area contributed by atoms with E-state index in [-0.39, 0.29) is 30.1 Å². The van der Waals surface area contributed by atoms with E-state index in [2.05, 4.69) is 26.0 Å². The van der Waals surface area contributed by atoms with Crippen molar-refractivity contribution in [3.63, 3.8) is 0 Å². The molecule has 0 unspecified atom stereocenters. The minimum Gasteiger partial charge on any atom is -0.465 e. The van der Waals surface area contributed by atoms with Crippen LogP contribution in [0.1, 0.15) is 10.4 Å². The van der Waals surface area contributed by atoms with E-state index >= 15 is 0 Å². The van der Waals surface area contributed by atoms with Gasteiger partial charge in [-0.15, -0.1) is 0 Å². The fourth-order valence-corrected chi connectivity index (χ4v) is 2.45. The first-order valence-corrected chi connectivity index (χ1v) is 7.21. The van der Waals surface area contributed by atoms with Gasteiger partial charge in [-0.25, -0.2) is 9.18 Å². The van der Waals surface area contributed by atoms with Crippen LogP contribution in [0.25, 0.3) is 0 Å². The number of anilines is 1. The lowest BCUT2D eigenvalue weighted by molar-refractivity contribution is -0.137. The predicted octanol–water partition coefficient (Wildman–Crippen LogP) is 1.03. The summed E-state index contributed by atoms with van der Waals surface area (Å²) < 4.78 is 19.2. The Balaban J connectivity index is 2.33. The quantitative estimate of drug-likeness (QED) is 0.579. The normalized spacial score (nSPS) is 14.1. The van der Waals surface area contributed by atoms with Crippen LogP contribution < -0.4 is 5.32 Å². The number of hydrogen-bond acceptors (Lipinski definition) is 6. The SMILES string of the molecule is COC(=O)c1cc(Br)cc(NC2=CC(=O)N(CCO)C2=O)c1F. The third kappa shape index (κ3) is 3.40. The Kier molecular flexibility index (Phi) is 5.12. The van der Waals surface area contributed by atoms with Crippen molar-refractivity contribution in [1.29, 1.82) is 0 Å². The average Bonchev–Trinajstić information content (AvgIpc) is 2.77. The van der Waals surface area contributed by atoms with Crippen LogP contribution in [0.4, 0.5) is 10.1 Å². The molecule has 0 saturated heterocycles. The van der Waals surface area contributed by atoms with E-state index < -0.39 is 23.6 Å². The van der Waals surface area contributed by atoms with Crippen LogP contribution in [0.3, 0.4) is 0 Å². The molecule has 1 aromatic carbocycles. The van der Waals surface area contributed by atoms with E-state index in [1.165, 1.54) is 12.1 Å². The molecule has 0 atom stereocenters. The number of halogens is 2. The number of carbonyl (C=O) groups is 3. The van der Waals surface area contributed by atoms with Crippen LogP contribution in [0.15, 0.2) is 28.4 Å². The van der Waals surface area contributed by atoms with Gasteiger partial charge in [-0.2, -0.15) is 0 Å². The molecule has 2 amide bonds. The van der Waals surface area contributed by atoms with Crippen molar-refractivity contribution in [1.82, 2.24) is 4.90 Å². The fourth-order valence-electron chi connectivity index (χ4n) is 1.99. The number of ether oxygens (including phenoxy) is 1. The molecular formula is C14H12BrFN2O5. The molecule has 1 aromatic rings. The third-order valence-corrected chi connectivity index (χ3v) is 3.50. The van der Waals surface area contributed by atoms with Gasteiger partial charge in [0, 0.05) is 10.5 Å². The second-order valence-electron chi connectivity index (χ2n) is 4.51. The number of methoxy groups -OCH3 is 1. The number of aliphatic hydroxyl groups is 1. The summed E-state index contributed by atoms with van der Waals surface area (Å²) in [5, 5.41) is 11.3. The lowest BCUT2D eigenvalue weighted by atomic mass is 10.1. The van der Waals surface area contributed by atoms with Gasteiger partial charge in [0.15, 0.2) is 5.82 Å². The molecule has 1 heterocycles. The minimum atomic E-state index is -0.915. The Hall–Kier alpha value is -2.26. The Morgan fingerprint density at radius 2 is 2.13 bits per heavy atom. The van der Waals surface area contributed by atoms with Crippen molar-refractivity contribution in [2.24, 2.45) is 0 Å². The molecule has 1 aliphatic heterocycles. The van der Waals surface area contributed by atoms with Gasteiger partial charge in [-0.1, -0.05) is 15.9 Å². The summed E-state index contributed by atoms with van der Waals surface area (Å²) in [5.41, 5.74) is -0.650. The Bertz CT molecular complexity index is 719. The summed E-state index contributed by atoms with van der Waals surface area (Å²) >= 11 is 3.13. The molecule has 0 spiro atoms. The summed E-state index contributed by atoms with van der Waals surface area (Å²) in [4.78, 5) is 36.0.